The molecule has 1 N–H and O–H groups in total. The third-order valence-corrected chi connectivity index (χ3v) is 3.68. The lowest BCUT2D eigenvalue weighted by molar-refractivity contribution is 0.102. The van der Waals surface area contributed by atoms with Crippen molar-refractivity contribution in [3.63, 3.8) is 0 Å². The van der Waals surface area contributed by atoms with Crippen molar-refractivity contribution in [2.24, 2.45) is 0 Å². The molecule has 104 valence electrons. The minimum Gasteiger partial charge on any atom is -0.320 e. The summed E-state index contributed by atoms with van der Waals surface area (Å²) in [6, 6.07) is 6.71. The Bertz CT molecular complexity index is 661. The number of pyridine rings is 1. The average Bonchev–Trinajstić information content (AvgIpc) is 2.36. The minimum atomic E-state index is -0.236. The van der Waals surface area contributed by atoms with Gasteiger partial charge in [0.1, 0.15) is 0 Å². The van der Waals surface area contributed by atoms with E-state index < -0.39 is 0 Å². The Hall–Kier alpha value is -1.58. The first kappa shape index (κ1) is 14.8. The number of anilines is 1. The molecule has 1 amide bonds. The molecule has 20 heavy (non-hydrogen) atoms. The second kappa shape index (κ2) is 5.81. The summed E-state index contributed by atoms with van der Waals surface area (Å²) in [5.41, 5.74) is 3.87. The molecule has 0 aliphatic heterocycles. The zero-order valence-electron chi connectivity index (χ0n) is 11.4. The average molecular weight is 309 g/mol. The molecule has 2 rings (SSSR count). The molecule has 0 atom stereocenters. The lowest BCUT2D eigenvalue weighted by Gasteiger charge is -2.12. The first-order chi connectivity index (χ1) is 9.38. The Balaban J connectivity index is 2.30. The van der Waals surface area contributed by atoms with Crippen molar-refractivity contribution >= 4 is 34.8 Å². The zero-order chi connectivity index (χ0) is 14.9. The first-order valence-electron chi connectivity index (χ1n) is 6.09. The van der Waals surface area contributed by atoms with Crippen molar-refractivity contribution in [1.29, 1.82) is 0 Å². The van der Waals surface area contributed by atoms with Crippen LogP contribution in [-0.4, -0.2) is 10.9 Å². The third-order valence-electron chi connectivity index (χ3n) is 2.95. The van der Waals surface area contributed by atoms with Gasteiger partial charge < -0.3 is 5.32 Å². The fraction of sp³-hybridized carbons (Fsp3) is 0.200. The van der Waals surface area contributed by atoms with E-state index in [1.165, 1.54) is 0 Å². The van der Waals surface area contributed by atoms with Crippen LogP contribution < -0.4 is 5.32 Å². The lowest BCUT2D eigenvalue weighted by atomic mass is 10.1. The van der Waals surface area contributed by atoms with E-state index in [1.54, 1.807) is 18.2 Å². The molecule has 2 aromatic rings. The largest absolute Gasteiger partial charge is 0.320 e. The predicted molar refractivity (Wildman–Crippen MR) is 82.9 cm³/mol. The molecule has 0 saturated heterocycles. The molecule has 0 saturated carbocycles. The van der Waals surface area contributed by atoms with E-state index in [0.29, 0.717) is 15.6 Å². The summed E-state index contributed by atoms with van der Waals surface area (Å²) in [6.07, 6.45) is 0. The Morgan fingerprint density at radius 3 is 2.40 bits per heavy atom. The molecule has 5 heteroatoms. The molecule has 0 radical (unpaired) electrons. The summed E-state index contributed by atoms with van der Waals surface area (Å²) in [5.74, 6) is -0.236. The summed E-state index contributed by atoms with van der Waals surface area (Å²) in [5, 5.41) is 3.65. The molecule has 0 unspecified atom stereocenters. The number of rotatable bonds is 2. The quantitative estimate of drug-likeness (QED) is 0.883. The molecule has 0 aliphatic rings. The van der Waals surface area contributed by atoms with Crippen molar-refractivity contribution in [3.05, 3.63) is 56.8 Å². The fourth-order valence-electron chi connectivity index (χ4n) is 2.04. The highest BCUT2D eigenvalue weighted by molar-refractivity contribution is 6.42. The standard InChI is InChI=1S/C15H14Cl2N2O/c1-8-6-9(2)18-10(3)14(8)19-15(20)11-4-5-12(16)13(17)7-11/h4-7H,1-3H3,(H,19,20). The van der Waals surface area contributed by atoms with Crippen LogP contribution in [0.15, 0.2) is 24.3 Å². The number of benzene rings is 1. The molecule has 1 heterocycles. The number of nitrogens with zero attached hydrogens (tertiary/aromatic N) is 1. The number of nitrogens with one attached hydrogen (secondary N) is 1. The van der Waals surface area contributed by atoms with Crippen LogP contribution in [0.25, 0.3) is 0 Å². The van der Waals surface area contributed by atoms with Crippen LogP contribution in [0.5, 0.6) is 0 Å². The van der Waals surface area contributed by atoms with Crippen LogP contribution in [-0.2, 0) is 0 Å². The van der Waals surface area contributed by atoms with Crippen molar-refractivity contribution in [2.45, 2.75) is 20.8 Å². The van der Waals surface area contributed by atoms with E-state index in [2.05, 4.69) is 10.3 Å². The monoisotopic (exact) mass is 308 g/mol. The smallest absolute Gasteiger partial charge is 0.255 e. The number of aryl methyl sites for hydroxylation is 3. The summed E-state index contributed by atoms with van der Waals surface area (Å²) >= 11 is 11.8. The van der Waals surface area contributed by atoms with Gasteiger partial charge in [-0.15, -0.1) is 0 Å². The van der Waals surface area contributed by atoms with Crippen molar-refractivity contribution < 1.29 is 4.79 Å². The third kappa shape index (κ3) is 3.11. The number of aromatic nitrogens is 1. The normalized spacial score (nSPS) is 10.4. The molecule has 3 nitrogen and oxygen atoms in total. The van der Waals surface area contributed by atoms with Gasteiger partial charge in [-0.05, 0) is 50.6 Å². The summed E-state index contributed by atoms with van der Waals surface area (Å²) in [6.45, 7) is 5.72. The molecule has 1 aromatic carbocycles. The summed E-state index contributed by atoms with van der Waals surface area (Å²) in [4.78, 5) is 16.6. The van der Waals surface area contributed by atoms with Gasteiger partial charge in [-0.1, -0.05) is 23.2 Å². The molecule has 1 aromatic heterocycles. The Morgan fingerprint density at radius 2 is 1.80 bits per heavy atom. The maximum Gasteiger partial charge on any atom is 0.255 e. The van der Waals surface area contributed by atoms with Gasteiger partial charge in [-0.25, -0.2) is 0 Å². The van der Waals surface area contributed by atoms with Crippen LogP contribution in [0.3, 0.4) is 0 Å². The van der Waals surface area contributed by atoms with Gasteiger partial charge in [0.15, 0.2) is 0 Å². The molecule has 0 bridgehead atoms. The lowest BCUT2D eigenvalue weighted by Crippen LogP contribution is -2.14. The van der Waals surface area contributed by atoms with E-state index in [4.69, 9.17) is 23.2 Å². The second-order valence-corrected chi connectivity index (χ2v) is 5.44. The van der Waals surface area contributed by atoms with Crippen LogP contribution in [0, 0.1) is 20.8 Å². The van der Waals surface area contributed by atoms with Crippen LogP contribution in [0.1, 0.15) is 27.3 Å². The Labute approximate surface area is 127 Å². The van der Waals surface area contributed by atoms with E-state index in [1.807, 2.05) is 26.8 Å². The van der Waals surface area contributed by atoms with Crippen molar-refractivity contribution in [1.82, 2.24) is 4.98 Å². The number of carbonyl (C=O) groups excluding carboxylic acids is 1. The van der Waals surface area contributed by atoms with Gasteiger partial charge in [-0.2, -0.15) is 0 Å². The number of carbonyl (C=O) groups is 1. The predicted octanol–water partition coefficient (Wildman–Crippen LogP) is 4.57. The van der Waals surface area contributed by atoms with Crippen LogP contribution in [0.4, 0.5) is 5.69 Å². The number of hydrogen-bond donors (Lipinski definition) is 1. The first-order valence-corrected chi connectivity index (χ1v) is 6.85. The van der Waals surface area contributed by atoms with Gasteiger partial charge in [0.05, 0.1) is 21.4 Å². The van der Waals surface area contributed by atoms with E-state index >= 15 is 0 Å². The van der Waals surface area contributed by atoms with Crippen molar-refractivity contribution in [3.8, 4) is 0 Å². The highest BCUT2D eigenvalue weighted by Gasteiger charge is 2.12. The zero-order valence-corrected chi connectivity index (χ0v) is 12.9. The molecule has 0 aliphatic carbocycles. The molecular weight excluding hydrogens is 295 g/mol. The van der Waals surface area contributed by atoms with E-state index in [0.717, 1.165) is 22.6 Å². The second-order valence-electron chi connectivity index (χ2n) is 4.62. The number of hydrogen-bond acceptors (Lipinski definition) is 2. The van der Waals surface area contributed by atoms with Crippen LogP contribution in [0.2, 0.25) is 10.0 Å². The van der Waals surface area contributed by atoms with Gasteiger partial charge in [-0.3, -0.25) is 9.78 Å². The highest BCUT2D eigenvalue weighted by Crippen LogP contribution is 2.24. The SMILES string of the molecule is Cc1cc(C)c(NC(=O)c2ccc(Cl)c(Cl)c2)c(C)n1. The van der Waals surface area contributed by atoms with Gasteiger partial charge >= 0.3 is 0 Å². The van der Waals surface area contributed by atoms with E-state index in [-0.39, 0.29) is 5.91 Å². The molecule has 0 spiro atoms. The minimum absolute atomic E-state index is 0.236. The topological polar surface area (TPSA) is 42.0 Å². The Morgan fingerprint density at radius 1 is 1.10 bits per heavy atom. The van der Waals surface area contributed by atoms with Gasteiger partial charge in [0.25, 0.3) is 5.91 Å². The maximum atomic E-state index is 12.2. The maximum absolute atomic E-state index is 12.2. The highest BCUT2D eigenvalue weighted by atomic mass is 35.5. The van der Waals surface area contributed by atoms with Crippen molar-refractivity contribution in [2.75, 3.05) is 5.32 Å². The number of amides is 1. The summed E-state index contributed by atoms with van der Waals surface area (Å²) < 4.78 is 0. The Kier molecular flexibility index (Phi) is 4.31. The van der Waals surface area contributed by atoms with Crippen LogP contribution >= 0.6 is 23.2 Å². The molecule has 0 fully saturated rings. The van der Waals surface area contributed by atoms with E-state index in [9.17, 15) is 4.79 Å². The van der Waals surface area contributed by atoms with Gasteiger partial charge in [0, 0.05) is 11.3 Å². The number of halogens is 2. The summed E-state index contributed by atoms with van der Waals surface area (Å²) in [7, 11) is 0. The fourth-order valence-corrected chi connectivity index (χ4v) is 2.33. The van der Waals surface area contributed by atoms with Gasteiger partial charge in [0.2, 0.25) is 0 Å². The molecular formula is C15H14Cl2N2O.